The monoisotopic (exact) mass is 751 g/mol. The van der Waals surface area contributed by atoms with Crippen LogP contribution in [0.15, 0.2) is 42.7 Å². The summed E-state index contributed by atoms with van der Waals surface area (Å²) in [5.74, 6) is 0.612. The van der Waals surface area contributed by atoms with E-state index in [-0.39, 0.29) is 17.4 Å². The van der Waals surface area contributed by atoms with E-state index in [1.54, 1.807) is 38.4 Å². The van der Waals surface area contributed by atoms with E-state index in [1.807, 2.05) is 20.8 Å². The van der Waals surface area contributed by atoms with Gasteiger partial charge in [-0.1, -0.05) is 46.4 Å². The van der Waals surface area contributed by atoms with Gasteiger partial charge >= 0.3 is 12.0 Å². The molecular weight excluding hydrogens is 720 g/mol. The number of aromatic nitrogens is 6. The summed E-state index contributed by atoms with van der Waals surface area (Å²) in [7, 11) is 3.32. The van der Waals surface area contributed by atoms with Gasteiger partial charge in [-0.05, 0) is 68.8 Å². The van der Waals surface area contributed by atoms with Gasteiger partial charge in [0, 0.05) is 37.4 Å². The number of ether oxygens (including phenoxy) is 1. The Morgan fingerprint density at radius 3 is 2.15 bits per heavy atom. The first-order valence-corrected chi connectivity index (χ1v) is 15.3. The van der Waals surface area contributed by atoms with Crippen LogP contribution in [0.2, 0.25) is 25.4 Å². The Morgan fingerprint density at radius 1 is 0.979 bits per heavy atom. The number of amides is 2. The second kappa shape index (κ2) is 21.7. The molecule has 0 aliphatic rings. The minimum absolute atomic E-state index is 0.194. The Kier molecular flexibility index (Phi) is 18.9. The maximum atomic E-state index is 11.2. The first-order chi connectivity index (χ1) is 22.1. The van der Waals surface area contributed by atoms with Gasteiger partial charge in [0.25, 0.3) is 0 Å². The number of H-pyrrole nitrogens is 1. The van der Waals surface area contributed by atoms with Crippen molar-refractivity contribution in [3.8, 4) is 5.75 Å². The third-order valence-corrected chi connectivity index (χ3v) is 6.06. The van der Waals surface area contributed by atoms with E-state index in [0.717, 1.165) is 6.54 Å². The number of carboxylic acid groups (broad SMARTS) is 1. The van der Waals surface area contributed by atoms with Crippen molar-refractivity contribution < 1.29 is 19.4 Å². The number of anilines is 4. The number of nitrogens with zero attached hydrogens (tertiary/aromatic N) is 6. The standard InChI is InChI=1S/C9H10Cl2N2O.C8H6Cl2O3.C8H14ClN5.C2H4N4/c1-13(2)9(14)12-6-3-4-7(10)8(11)5-6;9-5-1-2-7(6(10)3-5)13-4-8(11)12;1-4-10-7-12-6(9)13-8(14-7)11-5(2)3;3-2-4-1-5-6-2/h3-5H,1-2H3,(H,12,14);1-3H,4H2,(H,11,12);5H,4H2,1-3H3,(H2,10,11,12,13,14);1H,(H3,3,4,5,6). The van der Waals surface area contributed by atoms with E-state index >= 15 is 0 Å². The molecule has 0 aliphatic heterocycles. The lowest BCUT2D eigenvalue weighted by molar-refractivity contribution is -0.139. The fourth-order valence-electron chi connectivity index (χ4n) is 2.67. The van der Waals surface area contributed by atoms with Crippen LogP contribution in [-0.4, -0.2) is 85.4 Å². The molecular formula is C27H34Cl5N11O4. The van der Waals surface area contributed by atoms with E-state index in [9.17, 15) is 9.59 Å². The largest absolute Gasteiger partial charge is 0.480 e. The number of carboxylic acids is 1. The van der Waals surface area contributed by atoms with Gasteiger partial charge in [0.05, 0.1) is 15.1 Å². The number of aromatic amines is 1. The van der Waals surface area contributed by atoms with Gasteiger partial charge in [0.2, 0.25) is 23.1 Å². The summed E-state index contributed by atoms with van der Waals surface area (Å²) in [6.07, 6.45) is 1.36. The van der Waals surface area contributed by atoms with Crippen molar-refractivity contribution in [2.75, 3.05) is 48.9 Å². The van der Waals surface area contributed by atoms with Crippen molar-refractivity contribution in [3.05, 3.63) is 68.1 Å². The summed E-state index contributed by atoms with van der Waals surface area (Å²) in [6, 6.07) is 9.57. The number of carbonyl (C=O) groups is 2. The predicted molar refractivity (Wildman–Crippen MR) is 187 cm³/mol. The minimum Gasteiger partial charge on any atom is -0.480 e. The van der Waals surface area contributed by atoms with Gasteiger partial charge in [-0.25, -0.2) is 19.7 Å². The number of hydrogen-bond donors (Lipinski definition) is 6. The van der Waals surface area contributed by atoms with Gasteiger partial charge in [0.15, 0.2) is 6.61 Å². The molecule has 2 heterocycles. The number of rotatable bonds is 8. The van der Waals surface area contributed by atoms with Crippen LogP contribution in [0.1, 0.15) is 20.8 Å². The highest BCUT2D eigenvalue weighted by atomic mass is 35.5. The number of carbonyl (C=O) groups excluding carboxylic acids is 1. The maximum absolute atomic E-state index is 11.2. The molecule has 0 atom stereocenters. The average Bonchev–Trinajstić information content (AvgIpc) is 3.46. The van der Waals surface area contributed by atoms with E-state index in [4.69, 9.17) is 73.6 Å². The number of urea groups is 1. The van der Waals surface area contributed by atoms with E-state index in [1.165, 1.54) is 23.4 Å². The molecule has 0 saturated heterocycles. The Bertz CT molecular complexity index is 1550. The Hall–Kier alpha value is -4.02. The average molecular weight is 754 g/mol. The highest BCUT2D eigenvalue weighted by Gasteiger charge is 2.07. The first kappa shape index (κ1) is 41.0. The molecule has 0 saturated carbocycles. The quantitative estimate of drug-likeness (QED) is 0.111. The van der Waals surface area contributed by atoms with Gasteiger partial charge in [0.1, 0.15) is 12.1 Å². The summed E-state index contributed by atoms with van der Waals surface area (Å²) >= 11 is 28.6. The lowest BCUT2D eigenvalue weighted by Gasteiger charge is -2.12. The van der Waals surface area contributed by atoms with E-state index < -0.39 is 12.6 Å². The predicted octanol–water partition coefficient (Wildman–Crippen LogP) is 6.71. The van der Waals surface area contributed by atoms with Crippen LogP contribution in [0.3, 0.4) is 0 Å². The summed E-state index contributed by atoms with van der Waals surface area (Å²) in [5.41, 5.74) is 5.67. The third kappa shape index (κ3) is 18.0. The van der Waals surface area contributed by atoms with Crippen LogP contribution in [0.25, 0.3) is 0 Å². The van der Waals surface area contributed by atoms with Gasteiger partial charge in [-0.2, -0.15) is 20.1 Å². The number of nitrogen functional groups attached to an aromatic ring is 1. The Balaban J connectivity index is 0.000000324. The highest BCUT2D eigenvalue weighted by Crippen LogP contribution is 2.27. The summed E-state index contributed by atoms with van der Waals surface area (Å²) in [6.45, 7) is 6.31. The molecule has 2 aromatic heterocycles. The van der Waals surface area contributed by atoms with Crippen molar-refractivity contribution in [3.63, 3.8) is 0 Å². The molecule has 0 aliphatic carbocycles. The third-order valence-electron chi connectivity index (χ3n) is 4.62. The summed E-state index contributed by atoms with van der Waals surface area (Å²) < 4.78 is 4.86. The molecule has 4 rings (SSSR count). The number of hydrogen-bond acceptors (Lipinski definition) is 11. The summed E-state index contributed by atoms with van der Waals surface area (Å²) in [5, 5.41) is 24.7. The van der Waals surface area contributed by atoms with E-state index in [0.29, 0.717) is 49.4 Å². The normalized spacial score (nSPS) is 9.77. The minimum atomic E-state index is -1.05. The Morgan fingerprint density at radius 2 is 1.66 bits per heavy atom. The topological polar surface area (TPSA) is 209 Å². The number of aliphatic carboxylic acids is 1. The van der Waals surface area contributed by atoms with Crippen LogP contribution in [0.5, 0.6) is 5.75 Å². The van der Waals surface area contributed by atoms with Crippen molar-refractivity contribution in [2.45, 2.75) is 26.8 Å². The van der Waals surface area contributed by atoms with Crippen LogP contribution in [-0.2, 0) is 4.79 Å². The molecule has 0 fully saturated rings. The van der Waals surface area contributed by atoms with Gasteiger partial charge in [-0.3, -0.25) is 0 Å². The number of nitrogens with two attached hydrogens (primary N) is 1. The number of halogens is 5. The molecule has 256 valence electrons. The SMILES string of the molecule is CCNc1nc(Cl)nc(NC(C)C)n1.CN(C)C(=O)Nc1ccc(Cl)c(Cl)c1.Nc1ncn[nH]1.O=C(O)COc1ccc(Cl)cc1Cl. The molecule has 4 aromatic rings. The fraction of sp³-hybridized carbons (Fsp3) is 0.296. The number of benzene rings is 2. The second-order valence-electron chi connectivity index (χ2n) is 9.16. The molecule has 2 amide bonds. The first-order valence-electron chi connectivity index (χ1n) is 13.4. The van der Waals surface area contributed by atoms with Crippen LogP contribution >= 0.6 is 58.0 Å². The van der Waals surface area contributed by atoms with Crippen LogP contribution in [0, 0.1) is 0 Å². The lowest BCUT2D eigenvalue weighted by Crippen LogP contribution is -2.27. The van der Waals surface area contributed by atoms with Crippen molar-refractivity contribution in [2.24, 2.45) is 0 Å². The van der Waals surface area contributed by atoms with Gasteiger partial charge < -0.3 is 36.4 Å². The fourth-order valence-corrected chi connectivity index (χ4v) is 3.59. The Labute approximate surface area is 296 Å². The molecule has 0 spiro atoms. The smallest absolute Gasteiger partial charge is 0.341 e. The van der Waals surface area contributed by atoms with E-state index in [2.05, 4.69) is 46.1 Å². The molecule has 20 heteroatoms. The van der Waals surface area contributed by atoms with Crippen LogP contribution in [0.4, 0.5) is 28.3 Å². The van der Waals surface area contributed by atoms with Crippen molar-refractivity contribution >= 4 is 93.5 Å². The number of nitrogens with one attached hydrogen (secondary N) is 4. The highest BCUT2D eigenvalue weighted by molar-refractivity contribution is 6.42. The molecule has 15 nitrogen and oxygen atoms in total. The van der Waals surface area contributed by atoms with Crippen molar-refractivity contribution in [1.82, 2.24) is 35.0 Å². The molecule has 47 heavy (non-hydrogen) atoms. The zero-order valence-corrected chi connectivity index (χ0v) is 29.6. The van der Waals surface area contributed by atoms with Gasteiger partial charge in [-0.15, -0.1) is 0 Å². The molecule has 2 aromatic carbocycles. The maximum Gasteiger partial charge on any atom is 0.341 e. The summed E-state index contributed by atoms with van der Waals surface area (Å²) in [4.78, 5) is 38.4. The molecule has 0 radical (unpaired) electrons. The van der Waals surface area contributed by atoms with Crippen LogP contribution < -0.4 is 26.4 Å². The molecule has 0 bridgehead atoms. The van der Waals surface area contributed by atoms with Crippen molar-refractivity contribution in [1.29, 1.82) is 0 Å². The zero-order valence-electron chi connectivity index (χ0n) is 25.9. The lowest BCUT2D eigenvalue weighted by atomic mass is 10.3. The molecule has 0 unspecified atom stereocenters. The second-order valence-corrected chi connectivity index (χ2v) is 11.2. The zero-order chi connectivity index (χ0) is 35.5. The molecule has 7 N–H and O–H groups in total.